The minimum Gasteiger partial charge on any atom is -0.504 e. The van der Waals surface area contributed by atoms with E-state index in [9.17, 15) is 25.1 Å². The van der Waals surface area contributed by atoms with Gasteiger partial charge < -0.3 is 15.1 Å². The second-order valence-corrected chi connectivity index (χ2v) is 5.30. The summed E-state index contributed by atoms with van der Waals surface area (Å²) in [4.78, 5) is 24.0. The van der Waals surface area contributed by atoms with Gasteiger partial charge in [0.05, 0.1) is 4.92 Å². The predicted molar refractivity (Wildman–Crippen MR) is 90.6 cm³/mol. The molecule has 2 aromatic carbocycles. The molecular formula is C17H16N2O5. The topological polar surface area (TPSA) is 104 Å². The summed E-state index contributed by atoms with van der Waals surface area (Å²) in [6.07, 6.45) is 2.82. The Balaban J connectivity index is 2.24. The summed E-state index contributed by atoms with van der Waals surface area (Å²) < 4.78 is 0. The first-order chi connectivity index (χ1) is 11.3. The summed E-state index contributed by atoms with van der Waals surface area (Å²) in [5.41, 5.74) is 0.990. The van der Waals surface area contributed by atoms with Crippen LogP contribution in [-0.4, -0.2) is 35.0 Å². The zero-order valence-electron chi connectivity index (χ0n) is 13.1. The van der Waals surface area contributed by atoms with Crippen molar-refractivity contribution >= 4 is 23.2 Å². The van der Waals surface area contributed by atoms with Crippen molar-refractivity contribution in [2.45, 2.75) is 0 Å². The molecule has 0 atom stereocenters. The van der Waals surface area contributed by atoms with Crippen LogP contribution in [0.4, 0.5) is 11.4 Å². The largest absolute Gasteiger partial charge is 0.504 e. The first kappa shape index (κ1) is 17.0. The molecule has 0 radical (unpaired) electrons. The molecule has 0 bridgehead atoms. The summed E-state index contributed by atoms with van der Waals surface area (Å²) in [6, 6.07) is 9.36. The van der Waals surface area contributed by atoms with Crippen LogP contribution >= 0.6 is 0 Å². The van der Waals surface area contributed by atoms with Gasteiger partial charge in [-0.3, -0.25) is 14.9 Å². The maximum atomic E-state index is 12.1. The lowest BCUT2D eigenvalue weighted by Crippen LogP contribution is -2.07. The molecule has 24 heavy (non-hydrogen) atoms. The molecule has 0 fully saturated rings. The van der Waals surface area contributed by atoms with Gasteiger partial charge in [0.2, 0.25) is 5.75 Å². The number of ketones is 1. The summed E-state index contributed by atoms with van der Waals surface area (Å²) >= 11 is 0. The van der Waals surface area contributed by atoms with Crippen molar-refractivity contribution in [1.82, 2.24) is 0 Å². The van der Waals surface area contributed by atoms with Crippen molar-refractivity contribution < 1.29 is 19.9 Å². The summed E-state index contributed by atoms with van der Waals surface area (Å²) in [5, 5.41) is 29.8. The molecule has 0 aliphatic carbocycles. The van der Waals surface area contributed by atoms with Crippen LogP contribution in [0.25, 0.3) is 6.08 Å². The smallest absolute Gasteiger partial charge is 0.315 e. The maximum absolute atomic E-state index is 12.1. The first-order valence-corrected chi connectivity index (χ1v) is 6.99. The van der Waals surface area contributed by atoms with Crippen LogP contribution < -0.4 is 4.90 Å². The van der Waals surface area contributed by atoms with Crippen molar-refractivity contribution in [3.63, 3.8) is 0 Å². The van der Waals surface area contributed by atoms with Crippen molar-refractivity contribution in [1.29, 1.82) is 0 Å². The van der Waals surface area contributed by atoms with Crippen molar-refractivity contribution in [2.24, 2.45) is 0 Å². The van der Waals surface area contributed by atoms with Crippen molar-refractivity contribution in [3.8, 4) is 11.5 Å². The van der Waals surface area contributed by atoms with Crippen LogP contribution in [0.1, 0.15) is 15.9 Å². The van der Waals surface area contributed by atoms with Gasteiger partial charge in [0.15, 0.2) is 11.5 Å². The van der Waals surface area contributed by atoms with Gasteiger partial charge in [-0.2, -0.15) is 0 Å². The van der Waals surface area contributed by atoms with Crippen LogP contribution in [0.3, 0.4) is 0 Å². The lowest BCUT2D eigenvalue weighted by Gasteiger charge is -2.11. The second kappa shape index (κ2) is 6.82. The van der Waals surface area contributed by atoms with Gasteiger partial charge in [-0.15, -0.1) is 0 Å². The number of aromatic hydroxyl groups is 2. The van der Waals surface area contributed by atoms with E-state index >= 15 is 0 Å². The maximum Gasteiger partial charge on any atom is 0.315 e. The van der Waals surface area contributed by atoms with Crippen LogP contribution in [0, 0.1) is 10.1 Å². The number of anilines is 1. The Hall–Kier alpha value is -3.35. The van der Waals surface area contributed by atoms with Gasteiger partial charge in [0.1, 0.15) is 0 Å². The standard InChI is InChI=1S/C17H16N2O5/c1-18(2)13-6-3-11(4-7-13)5-8-15(20)12-9-14(19(23)24)17(22)16(21)10-12/h3-10,21-22H,1-2H3/b8-5+. The molecule has 0 aliphatic heterocycles. The fourth-order valence-corrected chi connectivity index (χ4v) is 2.04. The molecule has 124 valence electrons. The Morgan fingerprint density at radius 1 is 1.17 bits per heavy atom. The fraction of sp³-hybridized carbons (Fsp3) is 0.118. The number of allylic oxidation sites excluding steroid dienone is 1. The van der Waals surface area contributed by atoms with E-state index in [2.05, 4.69) is 0 Å². The number of nitrogens with zero attached hydrogens (tertiary/aromatic N) is 2. The second-order valence-electron chi connectivity index (χ2n) is 5.30. The molecule has 2 rings (SSSR count). The minimum absolute atomic E-state index is 0.0850. The van der Waals surface area contributed by atoms with Crippen molar-refractivity contribution in [3.05, 3.63) is 63.7 Å². The van der Waals surface area contributed by atoms with Crippen LogP contribution in [0.15, 0.2) is 42.5 Å². The number of hydrogen-bond donors (Lipinski definition) is 2. The van der Waals surface area contributed by atoms with Crippen LogP contribution in [0.2, 0.25) is 0 Å². The van der Waals surface area contributed by atoms with Gasteiger partial charge >= 0.3 is 5.69 Å². The molecule has 0 heterocycles. The number of benzene rings is 2. The van der Waals surface area contributed by atoms with Crippen LogP contribution in [0.5, 0.6) is 11.5 Å². The van der Waals surface area contributed by atoms with E-state index in [0.717, 1.165) is 23.4 Å². The number of carbonyl (C=O) groups excluding carboxylic acids is 1. The zero-order valence-corrected chi connectivity index (χ0v) is 13.1. The average molecular weight is 328 g/mol. The third-order valence-corrected chi connectivity index (χ3v) is 3.39. The monoisotopic (exact) mass is 328 g/mol. The summed E-state index contributed by atoms with van der Waals surface area (Å²) in [6.45, 7) is 0. The van der Waals surface area contributed by atoms with E-state index in [4.69, 9.17) is 0 Å². The van der Waals surface area contributed by atoms with E-state index in [-0.39, 0.29) is 5.56 Å². The molecule has 0 aliphatic rings. The molecule has 0 unspecified atom stereocenters. The highest BCUT2D eigenvalue weighted by Crippen LogP contribution is 2.36. The Labute approximate surface area is 138 Å². The third kappa shape index (κ3) is 3.70. The van der Waals surface area contributed by atoms with Gasteiger partial charge in [-0.1, -0.05) is 18.2 Å². The Kier molecular flexibility index (Phi) is 4.84. The van der Waals surface area contributed by atoms with Gasteiger partial charge in [-0.05, 0) is 29.8 Å². The zero-order chi connectivity index (χ0) is 17.9. The van der Waals surface area contributed by atoms with Crippen molar-refractivity contribution in [2.75, 3.05) is 19.0 Å². The fourth-order valence-electron chi connectivity index (χ4n) is 2.04. The van der Waals surface area contributed by atoms with Gasteiger partial charge in [-0.25, -0.2) is 0 Å². The Morgan fingerprint density at radius 2 is 1.79 bits per heavy atom. The molecule has 2 aromatic rings. The van der Waals surface area contributed by atoms with E-state index in [1.54, 1.807) is 6.08 Å². The molecule has 0 saturated carbocycles. The summed E-state index contributed by atoms with van der Waals surface area (Å²) in [5.74, 6) is -2.10. The molecule has 0 aromatic heterocycles. The molecular weight excluding hydrogens is 312 g/mol. The molecule has 2 N–H and O–H groups in total. The number of nitro groups is 1. The van der Waals surface area contributed by atoms with Gasteiger partial charge in [0, 0.05) is 31.4 Å². The molecule has 0 amide bonds. The number of nitro benzene ring substituents is 1. The van der Waals surface area contributed by atoms with E-state index in [0.29, 0.717) is 0 Å². The quantitative estimate of drug-likeness (QED) is 0.287. The molecule has 0 saturated heterocycles. The van der Waals surface area contributed by atoms with E-state index in [1.807, 2.05) is 43.3 Å². The first-order valence-electron chi connectivity index (χ1n) is 6.99. The minimum atomic E-state index is -0.866. The number of hydrogen-bond acceptors (Lipinski definition) is 6. The average Bonchev–Trinajstić information content (AvgIpc) is 2.55. The lowest BCUT2D eigenvalue weighted by atomic mass is 10.1. The van der Waals surface area contributed by atoms with Crippen LogP contribution in [-0.2, 0) is 0 Å². The highest BCUT2D eigenvalue weighted by Gasteiger charge is 2.20. The Bertz CT molecular complexity index is 810. The number of phenolic OH excluding ortho intramolecular Hbond substituents is 2. The highest BCUT2D eigenvalue weighted by molar-refractivity contribution is 6.07. The molecule has 7 nitrogen and oxygen atoms in total. The summed E-state index contributed by atoms with van der Waals surface area (Å²) in [7, 11) is 3.83. The predicted octanol–water partition coefficient (Wildman–Crippen LogP) is 2.97. The third-order valence-electron chi connectivity index (χ3n) is 3.39. The van der Waals surface area contributed by atoms with Gasteiger partial charge in [0.25, 0.3) is 0 Å². The number of phenols is 2. The number of carbonyl (C=O) groups is 1. The Morgan fingerprint density at radius 3 is 2.33 bits per heavy atom. The normalized spacial score (nSPS) is 10.8. The number of rotatable bonds is 5. The van der Waals surface area contributed by atoms with E-state index < -0.39 is 27.9 Å². The SMILES string of the molecule is CN(C)c1ccc(/C=C/C(=O)c2cc(O)c(O)c([N+](=O)[O-])c2)cc1. The highest BCUT2D eigenvalue weighted by atomic mass is 16.6. The molecule has 7 heteroatoms. The molecule has 0 spiro atoms. The lowest BCUT2D eigenvalue weighted by molar-refractivity contribution is -0.386. The van der Waals surface area contributed by atoms with E-state index in [1.165, 1.54) is 6.08 Å².